The number of nitrogens with zero attached hydrogens (tertiary/aromatic N) is 2. The van der Waals surface area contributed by atoms with Gasteiger partial charge in [0.15, 0.2) is 0 Å². The molecule has 1 aromatic heterocycles. The number of unbranched alkanes of at least 4 members (excludes halogenated alkanes) is 3. The van der Waals surface area contributed by atoms with Crippen LogP contribution in [0.3, 0.4) is 0 Å². The van der Waals surface area contributed by atoms with Gasteiger partial charge in [0, 0.05) is 24.3 Å². The van der Waals surface area contributed by atoms with Crippen molar-refractivity contribution in [2.24, 2.45) is 0 Å². The van der Waals surface area contributed by atoms with Crippen molar-refractivity contribution in [1.29, 1.82) is 0 Å². The fourth-order valence-electron chi connectivity index (χ4n) is 2.41. The van der Waals surface area contributed by atoms with Crippen molar-refractivity contribution in [2.45, 2.75) is 52.1 Å². The van der Waals surface area contributed by atoms with Crippen molar-refractivity contribution in [1.82, 2.24) is 15.1 Å². The van der Waals surface area contributed by atoms with Gasteiger partial charge in [-0.2, -0.15) is 5.10 Å². The Morgan fingerprint density at radius 3 is 2.52 bits per heavy atom. The molecular weight excluding hydrogens is 258 g/mol. The summed E-state index contributed by atoms with van der Waals surface area (Å²) in [7, 11) is 0. The van der Waals surface area contributed by atoms with Crippen LogP contribution in [0.1, 0.15) is 39.5 Å². The number of rotatable bonds is 9. The summed E-state index contributed by atoms with van der Waals surface area (Å²) in [4.78, 5) is 0. The van der Waals surface area contributed by atoms with Gasteiger partial charge in [-0.3, -0.25) is 4.68 Å². The Balaban J connectivity index is 1.65. The second-order valence-corrected chi connectivity index (χ2v) is 5.88. The number of benzene rings is 1. The van der Waals surface area contributed by atoms with E-state index in [1.165, 1.54) is 36.8 Å². The van der Waals surface area contributed by atoms with Crippen LogP contribution in [0.5, 0.6) is 0 Å². The van der Waals surface area contributed by atoms with Crippen molar-refractivity contribution in [3.05, 3.63) is 42.7 Å². The summed E-state index contributed by atoms with van der Waals surface area (Å²) in [6.07, 6.45) is 9.16. The van der Waals surface area contributed by atoms with Crippen LogP contribution in [0.15, 0.2) is 42.7 Å². The quantitative estimate of drug-likeness (QED) is 0.703. The van der Waals surface area contributed by atoms with Crippen molar-refractivity contribution < 1.29 is 0 Å². The van der Waals surface area contributed by atoms with Crippen LogP contribution in [-0.2, 0) is 6.54 Å². The monoisotopic (exact) mass is 285 g/mol. The van der Waals surface area contributed by atoms with Gasteiger partial charge in [0.1, 0.15) is 0 Å². The lowest BCUT2D eigenvalue weighted by molar-refractivity contribution is 0.510. The second-order valence-electron chi connectivity index (χ2n) is 5.88. The van der Waals surface area contributed by atoms with E-state index < -0.39 is 0 Å². The summed E-state index contributed by atoms with van der Waals surface area (Å²) in [5, 5.41) is 7.91. The van der Waals surface area contributed by atoms with E-state index in [9.17, 15) is 0 Å². The van der Waals surface area contributed by atoms with Crippen LogP contribution in [0.25, 0.3) is 11.1 Å². The minimum atomic E-state index is 0.602. The zero-order valence-electron chi connectivity index (χ0n) is 13.3. The van der Waals surface area contributed by atoms with E-state index in [1.54, 1.807) is 0 Å². The third-order valence-electron chi connectivity index (χ3n) is 3.61. The first kappa shape index (κ1) is 15.8. The topological polar surface area (TPSA) is 29.9 Å². The molecule has 0 aliphatic carbocycles. The second kappa shape index (κ2) is 8.63. The third-order valence-corrected chi connectivity index (χ3v) is 3.61. The Labute approximate surface area is 128 Å². The first-order valence-corrected chi connectivity index (χ1v) is 8.07. The van der Waals surface area contributed by atoms with E-state index >= 15 is 0 Å². The molecule has 1 heterocycles. The van der Waals surface area contributed by atoms with Crippen LogP contribution in [0.4, 0.5) is 0 Å². The number of nitrogens with one attached hydrogen (secondary N) is 1. The van der Waals surface area contributed by atoms with Gasteiger partial charge < -0.3 is 5.32 Å². The molecule has 0 fully saturated rings. The fourth-order valence-corrected chi connectivity index (χ4v) is 2.41. The summed E-state index contributed by atoms with van der Waals surface area (Å²) in [6.45, 7) is 6.55. The smallest absolute Gasteiger partial charge is 0.0568 e. The first-order chi connectivity index (χ1) is 10.3. The number of hydrogen-bond donors (Lipinski definition) is 1. The van der Waals surface area contributed by atoms with Gasteiger partial charge in [-0.25, -0.2) is 0 Å². The molecule has 2 rings (SSSR count). The molecule has 21 heavy (non-hydrogen) atoms. The molecule has 0 atom stereocenters. The molecule has 0 amide bonds. The van der Waals surface area contributed by atoms with E-state index in [1.807, 2.05) is 12.3 Å². The average molecular weight is 285 g/mol. The first-order valence-electron chi connectivity index (χ1n) is 8.07. The van der Waals surface area contributed by atoms with E-state index in [2.05, 4.69) is 59.4 Å². The Bertz CT molecular complexity index is 502. The zero-order chi connectivity index (χ0) is 14.9. The van der Waals surface area contributed by atoms with Crippen LogP contribution in [0.2, 0.25) is 0 Å². The van der Waals surface area contributed by atoms with Crippen LogP contribution >= 0.6 is 0 Å². The molecule has 114 valence electrons. The molecule has 0 spiro atoms. The van der Waals surface area contributed by atoms with Gasteiger partial charge in [-0.1, -0.05) is 57.0 Å². The number of aromatic nitrogens is 2. The molecule has 0 radical (unpaired) electrons. The van der Waals surface area contributed by atoms with Gasteiger partial charge in [-0.15, -0.1) is 0 Å². The van der Waals surface area contributed by atoms with Crippen molar-refractivity contribution in [3.63, 3.8) is 0 Å². The number of hydrogen-bond acceptors (Lipinski definition) is 2. The maximum atomic E-state index is 4.45. The predicted molar refractivity (Wildman–Crippen MR) is 89.3 cm³/mol. The summed E-state index contributed by atoms with van der Waals surface area (Å²) in [6, 6.07) is 11.0. The van der Waals surface area contributed by atoms with Crippen molar-refractivity contribution >= 4 is 0 Å². The van der Waals surface area contributed by atoms with Gasteiger partial charge in [0.05, 0.1) is 6.20 Å². The predicted octanol–water partition coefficient (Wildman–Crippen LogP) is 4.11. The van der Waals surface area contributed by atoms with Gasteiger partial charge in [0.25, 0.3) is 0 Å². The zero-order valence-corrected chi connectivity index (χ0v) is 13.3. The third kappa shape index (κ3) is 5.72. The highest BCUT2D eigenvalue weighted by Gasteiger charge is 2.01. The van der Waals surface area contributed by atoms with E-state index in [0.29, 0.717) is 6.04 Å². The largest absolute Gasteiger partial charge is 0.315 e. The Morgan fingerprint density at radius 2 is 1.76 bits per heavy atom. The summed E-state index contributed by atoms with van der Waals surface area (Å²) < 4.78 is 2.06. The van der Waals surface area contributed by atoms with Crippen molar-refractivity contribution in [3.8, 4) is 11.1 Å². The van der Waals surface area contributed by atoms with Crippen LogP contribution in [-0.4, -0.2) is 22.4 Å². The van der Waals surface area contributed by atoms with Crippen LogP contribution < -0.4 is 5.32 Å². The molecule has 3 heteroatoms. The average Bonchev–Trinajstić information content (AvgIpc) is 2.96. The molecular formula is C18H27N3. The standard InChI is InChI=1S/C18H27N3/c1-16(2)19-12-8-3-4-9-13-21-15-18(14-20-21)17-10-6-5-7-11-17/h5-7,10-11,14-16,19H,3-4,8-9,12-13H2,1-2H3. The Kier molecular flexibility index (Phi) is 6.48. The molecule has 0 aliphatic rings. The molecule has 3 nitrogen and oxygen atoms in total. The SMILES string of the molecule is CC(C)NCCCCCCn1cc(-c2ccccc2)cn1. The van der Waals surface area contributed by atoms with Crippen molar-refractivity contribution in [2.75, 3.05) is 6.54 Å². The lowest BCUT2D eigenvalue weighted by atomic mass is 10.1. The Hall–Kier alpha value is -1.61. The van der Waals surface area contributed by atoms with E-state index in [4.69, 9.17) is 0 Å². The van der Waals surface area contributed by atoms with E-state index in [-0.39, 0.29) is 0 Å². The van der Waals surface area contributed by atoms with E-state index in [0.717, 1.165) is 13.1 Å². The normalized spacial score (nSPS) is 11.2. The molecule has 1 aromatic carbocycles. The van der Waals surface area contributed by atoms with Crippen LogP contribution in [0, 0.1) is 0 Å². The van der Waals surface area contributed by atoms with Gasteiger partial charge in [0.2, 0.25) is 0 Å². The maximum absolute atomic E-state index is 4.45. The molecule has 0 unspecified atom stereocenters. The highest BCUT2D eigenvalue weighted by Crippen LogP contribution is 2.17. The maximum Gasteiger partial charge on any atom is 0.0568 e. The Morgan fingerprint density at radius 1 is 1.00 bits per heavy atom. The molecule has 1 N–H and O–H groups in total. The molecule has 0 aliphatic heterocycles. The summed E-state index contributed by atoms with van der Waals surface area (Å²) in [5.74, 6) is 0. The lowest BCUT2D eigenvalue weighted by Crippen LogP contribution is -2.23. The number of aryl methyl sites for hydroxylation is 1. The lowest BCUT2D eigenvalue weighted by Gasteiger charge is -2.07. The summed E-state index contributed by atoms with van der Waals surface area (Å²) in [5.41, 5.74) is 2.44. The molecule has 0 saturated carbocycles. The summed E-state index contributed by atoms with van der Waals surface area (Å²) >= 11 is 0. The van der Waals surface area contributed by atoms with Gasteiger partial charge in [-0.05, 0) is 24.9 Å². The fraction of sp³-hybridized carbons (Fsp3) is 0.500. The molecule has 0 saturated heterocycles. The van der Waals surface area contributed by atoms with Gasteiger partial charge >= 0.3 is 0 Å². The molecule has 0 bridgehead atoms. The minimum absolute atomic E-state index is 0.602. The minimum Gasteiger partial charge on any atom is -0.315 e. The highest BCUT2D eigenvalue weighted by molar-refractivity contribution is 5.61. The highest BCUT2D eigenvalue weighted by atomic mass is 15.3. The molecule has 2 aromatic rings.